The number of rotatable bonds is 14. The third-order valence-corrected chi connectivity index (χ3v) is 6.41. The van der Waals surface area contributed by atoms with E-state index in [9.17, 15) is 4.79 Å². The van der Waals surface area contributed by atoms with E-state index < -0.39 is 5.60 Å². The first-order valence-electron chi connectivity index (χ1n) is 13.7. The van der Waals surface area contributed by atoms with Gasteiger partial charge < -0.3 is 14.2 Å². The molecule has 0 unspecified atom stereocenters. The largest absolute Gasteiger partial charge is 0.444 e. The van der Waals surface area contributed by atoms with Gasteiger partial charge in [-0.25, -0.2) is 4.79 Å². The molecule has 0 fully saturated rings. The first-order valence-corrected chi connectivity index (χ1v) is 13.7. The van der Waals surface area contributed by atoms with Crippen LogP contribution in [0.5, 0.6) is 0 Å². The highest BCUT2D eigenvalue weighted by molar-refractivity contribution is 5.68. The van der Waals surface area contributed by atoms with Gasteiger partial charge in [0.25, 0.3) is 0 Å². The Balaban J connectivity index is 1.85. The van der Waals surface area contributed by atoms with Gasteiger partial charge in [-0.1, -0.05) is 97.1 Å². The van der Waals surface area contributed by atoms with Gasteiger partial charge in [0, 0.05) is 13.0 Å². The maximum absolute atomic E-state index is 13.5. The summed E-state index contributed by atoms with van der Waals surface area (Å²) in [7, 11) is 0. The van der Waals surface area contributed by atoms with E-state index in [2.05, 4.69) is 18.7 Å². The summed E-state index contributed by atoms with van der Waals surface area (Å²) in [5.74, 6) is 0. The van der Waals surface area contributed by atoms with Crippen LogP contribution >= 0.6 is 0 Å². The highest BCUT2D eigenvalue weighted by atomic mass is 16.6. The molecule has 0 N–H and O–H groups in total. The first kappa shape index (κ1) is 30.1. The second kappa shape index (κ2) is 15.2. The van der Waals surface area contributed by atoms with Gasteiger partial charge in [-0.15, -0.1) is 6.58 Å². The Morgan fingerprint density at radius 1 is 0.821 bits per heavy atom. The minimum absolute atomic E-state index is 0.122. The molecule has 5 nitrogen and oxygen atoms in total. The molecule has 0 aromatic heterocycles. The van der Waals surface area contributed by atoms with E-state index in [1.165, 1.54) is 0 Å². The predicted molar refractivity (Wildman–Crippen MR) is 157 cm³/mol. The van der Waals surface area contributed by atoms with Crippen molar-refractivity contribution in [2.24, 2.45) is 0 Å². The van der Waals surface area contributed by atoms with Crippen LogP contribution < -0.4 is 0 Å². The van der Waals surface area contributed by atoms with Crippen LogP contribution in [0.2, 0.25) is 0 Å². The van der Waals surface area contributed by atoms with E-state index in [0.717, 1.165) is 16.7 Å². The molecule has 0 bridgehead atoms. The molecule has 5 heteroatoms. The van der Waals surface area contributed by atoms with Crippen molar-refractivity contribution < 1.29 is 19.0 Å². The van der Waals surface area contributed by atoms with Crippen LogP contribution in [-0.2, 0) is 34.0 Å². The van der Waals surface area contributed by atoms with Crippen molar-refractivity contribution in [2.45, 2.75) is 84.1 Å². The molecule has 39 heavy (non-hydrogen) atoms. The molecule has 0 saturated heterocycles. The minimum atomic E-state index is -0.615. The average molecular weight is 530 g/mol. The van der Waals surface area contributed by atoms with Gasteiger partial charge in [0.1, 0.15) is 5.60 Å². The molecule has 1 amide bonds. The van der Waals surface area contributed by atoms with Crippen molar-refractivity contribution >= 4 is 6.09 Å². The second-order valence-electron chi connectivity index (χ2n) is 10.8. The van der Waals surface area contributed by atoms with Crippen LogP contribution in [0, 0.1) is 0 Å². The third-order valence-electron chi connectivity index (χ3n) is 6.41. The van der Waals surface area contributed by atoms with Gasteiger partial charge in [0.15, 0.2) is 0 Å². The molecule has 3 aromatic carbocycles. The molecule has 3 rings (SSSR count). The number of hydrogen-bond donors (Lipinski definition) is 0. The van der Waals surface area contributed by atoms with Crippen molar-refractivity contribution in [1.82, 2.24) is 4.90 Å². The Hall–Kier alpha value is -3.41. The predicted octanol–water partition coefficient (Wildman–Crippen LogP) is 7.95. The second-order valence-corrected chi connectivity index (χ2v) is 10.8. The van der Waals surface area contributed by atoms with Crippen molar-refractivity contribution in [3.63, 3.8) is 0 Å². The third kappa shape index (κ3) is 10.7. The fourth-order valence-electron chi connectivity index (χ4n) is 4.32. The van der Waals surface area contributed by atoms with Gasteiger partial charge in [-0.05, 0) is 50.8 Å². The van der Waals surface area contributed by atoms with Crippen molar-refractivity contribution in [3.05, 3.63) is 120 Å². The monoisotopic (exact) mass is 529 g/mol. The molecule has 3 aromatic rings. The number of nitrogens with zero attached hydrogens (tertiary/aromatic N) is 1. The lowest BCUT2D eigenvalue weighted by Gasteiger charge is -2.37. The summed E-state index contributed by atoms with van der Waals surface area (Å²) in [5, 5.41) is 0. The zero-order valence-corrected chi connectivity index (χ0v) is 23.8. The quantitative estimate of drug-likeness (QED) is 0.199. The van der Waals surface area contributed by atoms with Gasteiger partial charge in [-0.2, -0.15) is 0 Å². The molecule has 0 heterocycles. The summed E-state index contributed by atoms with van der Waals surface area (Å²) in [5.41, 5.74) is 2.60. The molecule has 0 aliphatic rings. The molecule has 208 valence electrons. The highest BCUT2D eigenvalue weighted by Gasteiger charge is 2.33. The summed E-state index contributed by atoms with van der Waals surface area (Å²) in [6.45, 7) is 13.0. The topological polar surface area (TPSA) is 48.0 Å². The zero-order chi connectivity index (χ0) is 28.1. The SMILES string of the molecule is C=CC[C@H](C[C@H](OCc1ccccc1)[C@H](C)N(Cc1ccccc1)C(=O)OC(C)(C)C)OCc1ccccc1. The Morgan fingerprint density at radius 2 is 1.31 bits per heavy atom. The van der Waals surface area contributed by atoms with Gasteiger partial charge in [0.05, 0.1) is 31.5 Å². The summed E-state index contributed by atoms with van der Waals surface area (Å²) in [6.07, 6.45) is 2.36. The summed E-state index contributed by atoms with van der Waals surface area (Å²) in [6, 6.07) is 29.9. The van der Waals surface area contributed by atoms with Crippen molar-refractivity contribution in [1.29, 1.82) is 0 Å². The molecular formula is C34H43NO4. The molecule has 3 atom stereocenters. The van der Waals surface area contributed by atoms with E-state index in [1.807, 2.05) is 113 Å². The number of benzene rings is 3. The Kier molecular flexibility index (Phi) is 11.8. The van der Waals surface area contributed by atoms with E-state index in [4.69, 9.17) is 14.2 Å². The first-order chi connectivity index (χ1) is 18.7. The lowest BCUT2D eigenvalue weighted by molar-refractivity contribution is -0.0659. The summed E-state index contributed by atoms with van der Waals surface area (Å²) >= 11 is 0. The van der Waals surface area contributed by atoms with Crippen LogP contribution in [0.1, 0.15) is 57.2 Å². The molecule has 0 aliphatic carbocycles. The Labute approximate surface area is 234 Å². The molecule has 0 saturated carbocycles. The van der Waals surface area contributed by atoms with Crippen LogP contribution in [0.4, 0.5) is 4.79 Å². The number of amides is 1. The Morgan fingerprint density at radius 3 is 1.79 bits per heavy atom. The molecule has 0 spiro atoms. The molecule has 0 radical (unpaired) electrons. The normalized spacial score (nSPS) is 13.7. The van der Waals surface area contributed by atoms with Gasteiger partial charge in [-0.3, -0.25) is 4.90 Å². The molecule has 0 aliphatic heterocycles. The van der Waals surface area contributed by atoms with E-state index in [-0.39, 0.29) is 24.3 Å². The van der Waals surface area contributed by atoms with Crippen LogP contribution in [0.15, 0.2) is 104 Å². The lowest BCUT2D eigenvalue weighted by atomic mass is 10.0. The van der Waals surface area contributed by atoms with Crippen LogP contribution in [-0.4, -0.2) is 34.8 Å². The summed E-state index contributed by atoms with van der Waals surface area (Å²) < 4.78 is 18.8. The summed E-state index contributed by atoms with van der Waals surface area (Å²) in [4.78, 5) is 15.3. The van der Waals surface area contributed by atoms with Crippen molar-refractivity contribution in [3.8, 4) is 0 Å². The fourth-order valence-corrected chi connectivity index (χ4v) is 4.32. The maximum Gasteiger partial charge on any atom is 0.410 e. The molecular weight excluding hydrogens is 486 g/mol. The average Bonchev–Trinajstić information content (AvgIpc) is 2.93. The zero-order valence-electron chi connectivity index (χ0n) is 23.8. The number of carbonyl (C=O) groups excluding carboxylic acids is 1. The number of ether oxygens (including phenoxy) is 3. The smallest absolute Gasteiger partial charge is 0.410 e. The fraction of sp³-hybridized carbons (Fsp3) is 0.382. The van der Waals surface area contributed by atoms with E-state index in [0.29, 0.717) is 32.6 Å². The van der Waals surface area contributed by atoms with Gasteiger partial charge >= 0.3 is 6.09 Å². The Bertz CT molecular complexity index is 1110. The number of carbonyl (C=O) groups is 1. The van der Waals surface area contributed by atoms with E-state index in [1.54, 1.807) is 4.90 Å². The van der Waals surface area contributed by atoms with Gasteiger partial charge in [0.2, 0.25) is 0 Å². The van der Waals surface area contributed by atoms with Crippen molar-refractivity contribution in [2.75, 3.05) is 0 Å². The minimum Gasteiger partial charge on any atom is -0.444 e. The standard InChI is InChI=1S/C34H43NO4/c1-6-16-31(37-25-29-19-12-8-13-20-29)23-32(38-26-30-21-14-9-15-22-30)27(2)35(33(36)39-34(3,4)5)24-28-17-10-7-11-18-28/h6-15,17-22,27,31-32H,1,16,23-26H2,2-5H3/t27-,31+,32-/m0/s1. The highest BCUT2D eigenvalue weighted by Crippen LogP contribution is 2.24. The lowest BCUT2D eigenvalue weighted by Crippen LogP contribution is -2.48. The van der Waals surface area contributed by atoms with E-state index >= 15 is 0 Å². The van der Waals surface area contributed by atoms with Crippen LogP contribution in [0.25, 0.3) is 0 Å². The maximum atomic E-state index is 13.5. The number of hydrogen-bond acceptors (Lipinski definition) is 4. The van der Waals surface area contributed by atoms with Crippen LogP contribution in [0.3, 0.4) is 0 Å².